The van der Waals surface area contributed by atoms with Gasteiger partial charge in [0.05, 0.1) is 54.7 Å². The van der Waals surface area contributed by atoms with Gasteiger partial charge in [-0.3, -0.25) is 14.2 Å². The summed E-state index contributed by atoms with van der Waals surface area (Å²) in [6, 6.07) is 4.71. The number of esters is 1. The highest BCUT2D eigenvalue weighted by Crippen LogP contribution is 2.26. The smallest absolute Gasteiger partial charge is 0.337 e. The zero-order valence-corrected chi connectivity index (χ0v) is 19.1. The van der Waals surface area contributed by atoms with E-state index in [9.17, 15) is 14.4 Å². The zero-order chi connectivity index (χ0) is 22.7. The molecule has 0 aliphatic carbocycles. The molecule has 1 amide bonds. The van der Waals surface area contributed by atoms with E-state index in [2.05, 4.69) is 0 Å². The van der Waals surface area contributed by atoms with Crippen molar-refractivity contribution in [2.45, 2.75) is 42.8 Å². The number of ether oxygens (including phenoxy) is 3. The molecule has 10 heteroatoms. The molecule has 4 rings (SSSR count). The van der Waals surface area contributed by atoms with Crippen molar-refractivity contribution >= 4 is 34.5 Å². The molecule has 0 bridgehead atoms. The summed E-state index contributed by atoms with van der Waals surface area (Å²) in [5, 5.41) is 0.415. The first-order valence-corrected chi connectivity index (χ1v) is 11.6. The second-order valence-corrected chi connectivity index (χ2v) is 9.17. The van der Waals surface area contributed by atoms with E-state index < -0.39 is 11.2 Å². The lowest BCUT2D eigenvalue weighted by atomic mass is 10.1. The molecule has 0 spiro atoms. The van der Waals surface area contributed by atoms with E-state index in [0.717, 1.165) is 12.8 Å². The van der Waals surface area contributed by atoms with Gasteiger partial charge in [0.25, 0.3) is 5.56 Å². The Balaban J connectivity index is 1.70. The van der Waals surface area contributed by atoms with E-state index in [4.69, 9.17) is 19.2 Å². The van der Waals surface area contributed by atoms with Crippen LogP contribution in [0.15, 0.2) is 28.2 Å². The summed E-state index contributed by atoms with van der Waals surface area (Å²) in [7, 11) is 1.31. The normalized spacial score (nSPS) is 19.8. The van der Waals surface area contributed by atoms with Gasteiger partial charge in [0.2, 0.25) is 5.91 Å². The number of amides is 1. The summed E-state index contributed by atoms with van der Waals surface area (Å²) < 4.78 is 17.5. The molecule has 0 N–H and O–H groups in total. The van der Waals surface area contributed by atoms with Crippen molar-refractivity contribution in [1.82, 2.24) is 14.5 Å². The molecule has 1 aromatic heterocycles. The minimum Gasteiger partial charge on any atom is -0.465 e. The fraction of sp³-hybridized carbons (Fsp3) is 0.545. The first kappa shape index (κ1) is 22.8. The molecule has 1 aromatic carbocycles. The van der Waals surface area contributed by atoms with Gasteiger partial charge in [-0.15, -0.1) is 0 Å². The Morgan fingerprint density at radius 3 is 2.75 bits per heavy atom. The highest BCUT2D eigenvalue weighted by Gasteiger charge is 2.27. The van der Waals surface area contributed by atoms with E-state index in [1.54, 1.807) is 27.7 Å². The average Bonchev–Trinajstić information content (AvgIpc) is 3.34. The van der Waals surface area contributed by atoms with Gasteiger partial charge in [0.1, 0.15) is 0 Å². The number of carbonyl (C=O) groups excluding carboxylic acids is 2. The molecule has 2 atom stereocenters. The number of morpholine rings is 1. The molecule has 0 saturated carbocycles. The summed E-state index contributed by atoms with van der Waals surface area (Å²) in [6.45, 7) is 5.04. The van der Waals surface area contributed by atoms with Crippen LogP contribution < -0.4 is 5.56 Å². The number of nitrogens with zero attached hydrogens (tertiary/aromatic N) is 3. The van der Waals surface area contributed by atoms with Crippen LogP contribution in [0.1, 0.15) is 30.1 Å². The van der Waals surface area contributed by atoms with Crippen LogP contribution in [0.4, 0.5) is 0 Å². The molecular formula is C22H27N3O6S. The monoisotopic (exact) mass is 461 g/mol. The summed E-state index contributed by atoms with van der Waals surface area (Å²) in [6.07, 6.45) is 1.76. The first-order valence-electron chi connectivity index (χ1n) is 10.8. The highest BCUT2D eigenvalue weighted by atomic mass is 32.2. The third-order valence-electron chi connectivity index (χ3n) is 5.70. The fourth-order valence-corrected chi connectivity index (χ4v) is 4.94. The molecule has 172 valence electrons. The number of hydrogen-bond acceptors (Lipinski definition) is 8. The Labute approximate surface area is 190 Å². The third-order valence-corrected chi connectivity index (χ3v) is 6.78. The lowest BCUT2D eigenvalue weighted by Gasteiger charge is -2.29. The number of methoxy groups -OCH3 is 1. The van der Waals surface area contributed by atoms with Crippen LogP contribution in [0.2, 0.25) is 0 Å². The summed E-state index contributed by atoms with van der Waals surface area (Å²) in [5.41, 5.74) is 0.502. The van der Waals surface area contributed by atoms with Crippen molar-refractivity contribution in [2.24, 2.45) is 0 Å². The number of fused-ring (bicyclic) bond motifs is 1. The van der Waals surface area contributed by atoms with Gasteiger partial charge in [-0.25, -0.2) is 9.78 Å². The number of carbonyl (C=O) groups is 2. The van der Waals surface area contributed by atoms with Crippen molar-refractivity contribution in [2.75, 3.05) is 40.0 Å². The predicted molar refractivity (Wildman–Crippen MR) is 119 cm³/mol. The maximum atomic E-state index is 13.4. The van der Waals surface area contributed by atoms with Crippen LogP contribution in [0.25, 0.3) is 10.9 Å². The molecule has 2 aliphatic rings. The van der Waals surface area contributed by atoms with E-state index in [0.29, 0.717) is 61.1 Å². The molecule has 2 saturated heterocycles. The molecule has 0 radical (unpaired) electrons. The largest absolute Gasteiger partial charge is 0.465 e. The Bertz CT molecular complexity index is 1060. The molecule has 9 nitrogen and oxygen atoms in total. The second kappa shape index (κ2) is 10.0. The lowest BCUT2D eigenvalue weighted by Crippen LogP contribution is -2.44. The van der Waals surface area contributed by atoms with Gasteiger partial charge < -0.3 is 19.1 Å². The lowest BCUT2D eigenvalue weighted by molar-refractivity contribution is -0.134. The summed E-state index contributed by atoms with van der Waals surface area (Å²) in [4.78, 5) is 44.7. The minimum atomic E-state index is -0.498. The SMILES string of the molecule is COC(=O)c1ccc2c(=O)n(CC3CCCO3)c(SC(C)C(=O)N3CCOCC3)nc2c1. The van der Waals surface area contributed by atoms with Crippen molar-refractivity contribution in [1.29, 1.82) is 0 Å². The predicted octanol–water partition coefficient (Wildman–Crippen LogP) is 1.70. The Kier molecular flexibility index (Phi) is 7.12. The van der Waals surface area contributed by atoms with E-state index in [1.165, 1.54) is 18.9 Å². The van der Waals surface area contributed by atoms with Gasteiger partial charge in [0.15, 0.2) is 5.16 Å². The fourth-order valence-electron chi connectivity index (χ4n) is 3.94. The van der Waals surface area contributed by atoms with Gasteiger partial charge in [-0.05, 0) is 38.0 Å². The van der Waals surface area contributed by atoms with Crippen LogP contribution in [0.5, 0.6) is 0 Å². The second-order valence-electron chi connectivity index (χ2n) is 7.87. The van der Waals surface area contributed by atoms with E-state index >= 15 is 0 Å². The van der Waals surface area contributed by atoms with Crippen LogP contribution in [-0.2, 0) is 25.5 Å². The Morgan fingerprint density at radius 1 is 1.28 bits per heavy atom. The van der Waals surface area contributed by atoms with Crippen LogP contribution in [0, 0.1) is 0 Å². The molecule has 3 heterocycles. The molecule has 2 unspecified atom stereocenters. The van der Waals surface area contributed by atoms with Gasteiger partial charge in [-0.2, -0.15) is 0 Å². The highest BCUT2D eigenvalue weighted by molar-refractivity contribution is 8.00. The van der Waals surface area contributed by atoms with Crippen molar-refractivity contribution in [3.63, 3.8) is 0 Å². The van der Waals surface area contributed by atoms with E-state index in [-0.39, 0.29) is 17.6 Å². The topological polar surface area (TPSA) is 100.0 Å². The number of rotatable bonds is 6. The number of benzene rings is 1. The molecule has 2 aliphatic heterocycles. The maximum absolute atomic E-state index is 13.4. The molecular weight excluding hydrogens is 434 g/mol. The first-order chi connectivity index (χ1) is 15.5. The standard InChI is InChI=1S/C22H27N3O6S/c1-14(19(26)24-7-10-30-11-8-24)32-22-23-18-12-15(21(28)29-2)5-6-17(18)20(27)25(22)13-16-4-3-9-31-16/h5-6,12,14,16H,3-4,7-11,13H2,1-2H3. The van der Waals surface area contributed by atoms with Crippen molar-refractivity contribution in [3.05, 3.63) is 34.1 Å². The molecule has 32 heavy (non-hydrogen) atoms. The Morgan fingerprint density at radius 2 is 2.06 bits per heavy atom. The molecule has 2 aromatic rings. The number of thioether (sulfide) groups is 1. The average molecular weight is 462 g/mol. The summed E-state index contributed by atoms with van der Waals surface area (Å²) in [5.74, 6) is -0.512. The number of aromatic nitrogens is 2. The van der Waals surface area contributed by atoms with Gasteiger partial charge in [0, 0.05) is 19.7 Å². The third kappa shape index (κ3) is 4.82. The van der Waals surface area contributed by atoms with E-state index in [1.807, 2.05) is 6.92 Å². The quantitative estimate of drug-likeness (QED) is 0.364. The Hall–Kier alpha value is -2.43. The van der Waals surface area contributed by atoms with Gasteiger partial charge >= 0.3 is 5.97 Å². The number of hydrogen-bond donors (Lipinski definition) is 0. The maximum Gasteiger partial charge on any atom is 0.337 e. The van der Waals surface area contributed by atoms with Crippen LogP contribution >= 0.6 is 11.8 Å². The zero-order valence-electron chi connectivity index (χ0n) is 18.2. The van der Waals surface area contributed by atoms with Crippen LogP contribution in [0.3, 0.4) is 0 Å². The van der Waals surface area contributed by atoms with Crippen LogP contribution in [-0.4, -0.2) is 77.7 Å². The minimum absolute atomic E-state index is 0.0142. The van der Waals surface area contributed by atoms with Crippen molar-refractivity contribution in [3.8, 4) is 0 Å². The summed E-state index contributed by atoms with van der Waals surface area (Å²) >= 11 is 1.25. The molecule has 2 fully saturated rings. The van der Waals surface area contributed by atoms with Gasteiger partial charge in [-0.1, -0.05) is 11.8 Å². The van der Waals surface area contributed by atoms with Crippen molar-refractivity contribution < 1.29 is 23.8 Å².